The molecule has 6 N–H and O–H groups in total. The van der Waals surface area contributed by atoms with Crippen LogP contribution in [0, 0.1) is 92.7 Å². The molecule has 8 nitrogen and oxygen atoms in total. The Morgan fingerprint density at radius 3 is 1.27 bits per heavy atom. The molecule has 8 aliphatic carbocycles. The summed E-state index contributed by atoms with van der Waals surface area (Å²) in [6.07, 6.45) is 9.99. The molecular formula is C54H92F4N2O6S. The average Bonchev–Trinajstić information content (AvgIpc) is 3.78. The van der Waals surface area contributed by atoms with Crippen LogP contribution in [0.4, 0.5) is 17.6 Å². The maximum absolute atomic E-state index is 14.9. The van der Waals surface area contributed by atoms with Gasteiger partial charge in [0.15, 0.2) is 0 Å². The smallest absolute Gasteiger partial charge is 0.274 e. The number of aliphatic hydroxyl groups excluding tert-OH is 4. The van der Waals surface area contributed by atoms with Crippen LogP contribution in [0.3, 0.4) is 0 Å². The lowest BCUT2D eigenvalue weighted by Crippen LogP contribution is -2.62. The first-order valence-corrected chi connectivity index (χ1v) is 29.3. The fraction of sp³-hybridized carbons (Fsp3) is 1.00. The van der Waals surface area contributed by atoms with E-state index < -0.39 is 56.9 Å². The summed E-state index contributed by atoms with van der Waals surface area (Å²) in [5.41, 5.74) is -0.903. The molecule has 67 heavy (non-hydrogen) atoms. The zero-order chi connectivity index (χ0) is 48.5. The quantitative estimate of drug-likeness (QED) is 0.0590. The van der Waals surface area contributed by atoms with Crippen molar-refractivity contribution in [2.75, 3.05) is 37.7 Å². The summed E-state index contributed by atoms with van der Waals surface area (Å²) < 4.78 is 85.5. The number of hydrogen-bond acceptors (Lipinski definition) is 8. The minimum atomic E-state index is -3.13. The summed E-state index contributed by atoms with van der Waals surface area (Å²) in [4.78, 5) is 0. The Morgan fingerprint density at radius 2 is 0.881 bits per heavy atom. The van der Waals surface area contributed by atoms with Crippen LogP contribution < -0.4 is 10.6 Å². The van der Waals surface area contributed by atoms with Gasteiger partial charge >= 0.3 is 0 Å². The van der Waals surface area contributed by atoms with Crippen LogP contribution in [0.15, 0.2) is 0 Å². The highest BCUT2D eigenvalue weighted by atomic mass is 32.2. The molecule has 0 spiro atoms. The van der Waals surface area contributed by atoms with Gasteiger partial charge in [-0.3, -0.25) is 0 Å². The van der Waals surface area contributed by atoms with Crippen LogP contribution in [0.25, 0.3) is 0 Å². The molecule has 0 radical (unpaired) electrons. The highest BCUT2D eigenvalue weighted by molar-refractivity contribution is 7.91. The van der Waals surface area contributed by atoms with Crippen LogP contribution in [-0.2, 0) is 9.84 Å². The first kappa shape index (κ1) is 52.7. The van der Waals surface area contributed by atoms with Crippen molar-refractivity contribution in [2.24, 2.45) is 92.7 Å². The zero-order valence-electron chi connectivity index (χ0n) is 42.1. The van der Waals surface area contributed by atoms with Crippen molar-refractivity contribution in [3.63, 3.8) is 0 Å². The fourth-order valence-corrected chi connectivity index (χ4v) is 20.5. The molecule has 8 rings (SSSR count). The van der Waals surface area contributed by atoms with Gasteiger partial charge in [0.2, 0.25) is 0 Å². The molecule has 0 bridgehead atoms. The third kappa shape index (κ3) is 9.86. The number of fused-ring (bicyclic) bond motifs is 10. The largest absolute Gasteiger partial charge is 0.393 e. The van der Waals surface area contributed by atoms with E-state index in [0.29, 0.717) is 74.3 Å². The Kier molecular flexibility index (Phi) is 15.5. The van der Waals surface area contributed by atoms with E-state index in [4.69, 9.17) is 0 Å². The normalized spacial score (nSPS) is 47.4. The Bertz CT molecular complexity index is 1690. The molecule has 20 atom stereocenters. The van der Waals surface area contributed by atoms with Crippen molar-refractivity contribution < 1.29 is 46.4 Å². The van der Waals surface area contributed by atoms with Gasteiger partial charge in [-0.2, -0.15) is 0 Å². The molecule has 0 amide bonds. The van der Waals surface area contributed by atoms with Gasteiger partial charge in [0.1, 0.15) is 22.0 Å². The minimum absolute atomic E-state index is 0.0526. The van der Waals surface area contributed by atoms with Crippen LogP contribution in [-0.4, -0.2) is 103 Å². The van der Waals surface area contributed by atoms with Gasteiger partial charge in [0, 0.05) is 12.8 Å². The van der Waals surface area contributed by atoms with Gasteiger partial charge in [-0.05, 0) is 234 Å². The zero-order valence-corrected chi connectivity index (χ0v) is 43.0. The lowest BCUT2D eigenvalue weighted by atomic mass is 9.43. The number of aliphatic hydroxyl groups is 4. The van der Waals surface area contributed by atoms with Crippen LogP contribution in [0.5, 0.6) is 0 Å². The topological polar surface area (TPSA) is 139 Å². The Labute approximate surface area is 402 Å². The van der Waals surface area contributed by atoms with Gasteiger partial charge in [0.25, 0.3) is 11.8 Å². The van der Waals surface area contributed by atoms with E-state index in [1.54, 1.807) is 0 Å². The molecule has 0 aromatic heterocycles. The third-order valence-corrected chi connectivity index (χ3v) is 24.4. The summed E-state index contributed by atoms with van der Waals surface area (Å²) in [6.45, 7) is 16.7. The second-order valence-corrected chi connectivity index (χ2v) is 28.3. The van der Waals surface area contributed by atoms with E-state index in [2.05, 4.69) is 38.3 Å². The lowest BCUT2D eigenvalue weighted by molar-refractivity contribution is -0.236. The molecule has 388 valence electrons. The van der Waals surface area contributed by atoms with E-state index in [9.17, 15) is 46.4 Å². The molecule has 8 saturated carbocycles. The van der Waals surface area contributed by atoms with Crippen molar-refractivity contribution in [2.45, 2.75) is 206 Å². The fourth-order valence-electron chi connectivity index (χ4n) is 19.1. The number of hydrogen-bond donors (Lipinski definition) is 6. The molecule has 0 unspecified atom stereocenters. The predicted molar refractivity (Wildman–Crippen MR) is 256 cm³/mol. The molecule has 0 aromatic rings. The first-order valence-electron chi connectivity index (χ1n) is 27.5. The maximum atomic E-state index is 14.9. The number of sulfone groups is 1. The van der Waals surface area contributed by atoms with Crippen molar-refractivity contribution in [1.82, 2.24) is 10.6 Å². The van der Waals surface area contributed by atoms with Gasteiger partial charge in [0.05, 0.1) is 23.7 Å². The van der Waals surface area contributed by atoms with E-state index in [0.717, 1.165) is 90.1 Å². The summed E-state index contributed by atoms with van der Waals surface area (Å²) in [5.74, 6) is -2.83. The van der Waals surface area contributed by atoms with E-state index in [-0.39, 0.29) is 83.5 Å². The minimum Gasteiger partial charge on any atom is -0.393 e. The van der Waals surface area contributed by atoms with Gasteiger partial charge in [-0.15, -0.1) is 0 Å². The summed E-state index contributed by atoms with van der Waals surface area (Å²) in [6, 6.07) is 0. The molecule has 0 aromatic carbocycles. The SMILES string of the molecule is C[C@H](CCCNCCCS(=O)(=O)CCCNCCC[C@@H](C)[C@H]1CC[C@H]2[C@@H]3[C@@H](O)C[C@@H]4C[C@@H](O)C(F)(F)C[C@]4(C)[C@H]3CC[C@]12C)[C@H]1CC[C@H]2[C@@H]3[C@@H](O)C[C@@H]4C[C@@H](O)C(F)(F)C[C@]4(C)[C@H]3CC[C@]12C. The lowest BCUT2D eigenvalue weighted by Gasteiger charge is -2.63. The number of alkyl halides is 4. The van der Waals surface area contributed by atoms with Gasteiger partial charge in [-0.25, -0.2) is 26.0 Å². The number of nitrogens with one attached hydrogen (secondary N) is 2. The molecular weight excluding hydrogens is 881 g/mol. The number of rotatable bonds is 18. The van der Waals surface area contributed by atoms with Gasteiger partial charge in [-0.1, -0.05) is 41.5 Å². The summed E-state index contributed by atoms with van der Waals surface area (Å²) >= 11 is 0. The second-order valence-electron chi connectivity index (χ2n) is 26.0. The van der Waals surface area contributed by atoms with E-state index in [1.165, 1.54) is 0 Å². The molecule has 0 heterocycles. The van der Waals surface area contributed by atoms with Crippen molar-refractivity contribution in [1.29, 1.82) is 0 Å². The van der Waals surface area contributed by atoms with Gasteiger partial charge < -0.3 is 31.1 Å². The molecule has 13 heteroatoms. The maximum Gasteiger partial charge on any atom is 0.274 e. The van der Waals surface area contributed by atoms with Crippen LogP contribution in [0.2, 0.25) is 0 Å². The first-order chi connectivity index (χ1) is 31.4. The number of halogens is 4. The standard InChI is InChI=1S/C54H92F4N2O6S/c1-33(37-13-15-39-47-41(17-19-49(37,39)3)51(5)31-53(55,56)45(63)29-35(51)27-43(47)61)11-7-21-59-23-9-25-67(65,66)26-10-24-60-22-8-12-34(2)38-14-16-40-48-42(18-20-50(38,40)4)52(6)32-54(57,58)46(64)30-36(52)28-44(48)62/h33-48,59-64H,7-32H2,1-6H3/t33-,34-,35-,36-,37-,38-,39+,40+,41+,42+,43+,44+,45-,46-,47+,48+,49-,50-,51+,52+/m1/s1. The van der Waals surface area contributed by atoms with Crippen LogP contribution >= 0.6 is 0 Å². The second kappa shape index (κ2) is 19.7. The van der Waals surface area contributed by atoms with Crippen molar-refractivity contribution >= 4 is 9.84 Å². The van der Waals surface area contributed by atoms with Crippen molar-refractivity contribution in [3.05, 3.63) is 0 Å². The van der Waals surface area contributed by atoms with E-state index in [1.807, 2.05) is 13.8 Å². The summed E-state index contributed by atoms with van der Waals surface area (Å²) in [7, 11) is -3.13. The Morgan fingerprint density at radius 1 is 0.522 bits per heavy atom. The molecule has 0 saturated heterocycles. The molecule has 8 fully saturated rings. The average molecular weight is 973 g/mol. The monoisotopic (exact) mass is 973 g/mol. The molecule has 8 aliphatic rings. The highest BCUT2D eigenvalue weighted by Gasteiger charge is 2.68. The van der Waals surface area contributed by atoms with Crippen LogP contribution in [0.1, 0.15) is 170 Å². The Hall–Kier alpha value is -0.570. The van der Waals surface area contributed by atoms with E-state index >= 15 is 0 Å². The third-order valence-electron chi connectivity index (χ3n) is 22.6. The van der Waals surface area contributed by atoms with Crippen molar-refractivity contribution in [3.8, 4) is 0 Å². The Balaban J connectivity index is 0.681. The highest BCUT2D eigenvalue weighted by Crippen LogP contribution is 2.71. The predicted octanol–water partition coefficient (Wildman–Crippen LogP) is 9.66. The summed E-state index contributed by atoms with van der Waals surface area (Å²) in [5, 5.41) is 50.5. The molecule has 0 aliphatic heterocycles.